The predicted molar refractivity (Wildman–Crippen MR) is 129 cm³/mol. The number of hydrogen-bond donors (Lipinski definition) is 2. The summed E-state index contributed by atoms with van der Waals surface area (Å²) in [4.78, 5) is 14.0. The van der Waals surface area contributed by atoms with E-state index in [-0.39, 0.29) is 42.3 Å². The molecule has 2 amide bonds. The van der Waals surface area contributed by atoms with Crippen LogP contribution >= 0.6 is 0 Å². The van der Waals surface area contributed by atoms with Crippen molar-refractivity contribution in [1.82, 2.24) is 14.5 Å². The summed E-state index contributed by atoms with van der Waals surface area (Å²) in [5.74, 6) is 6.11. The summed E-state index contributed by atoms with van der Waals surface area (Å²) in [5, 5.41) is 12.6. The van der Waals surface area contributed by atoms with Gasteiger partial charge in [-0.2, -0.15) is 4.31 Å². The maximum atomic E-state index is 13.5. The Morgan fingerprint density at radius 2 is 2.09 bits per heavy atom. The highest BCUT2D eigenvalue weighted by molar-refractivity contribution is 7.89. The third kappa shape index (κ3) is 6.85. The Hall–Kier alpha value is -2.28. The number of rotatable bonds is 7. The first-order chi connectivity index (χ1) is 15.6. The Morgan fingerprint density at radius 1 is 1.36 bits per heavy atom. The van der Waals surface area contributed by atoms with E-state index in [0.29, 0.717) is 12.1 Å². The van der Waals surface area contributed by atoms with Crippen molar-refractivity contribution in [2.45, 2.75) is 64.0 Å². The molecular formula is C24H37N3O5S. The quantitative estimate of drug-likeness (QED) is 0.586. The molecule has 0 fully saturated rings. The van der Waals surface area contributed by atoms with Crippen LogP contribution in [0.1, 0.15) is 52.5 Å². The number of ether oxygens (including phenoxy) is 1. The lowest BCUT2D eigenvalue weighted by molar-refractivity contribution is 0.0812. The smallest absolute Gasteiger partial charge is 0.317 e. The van der Waals surface area contributed by atoms with Gasteiger partial charge in [-0.1, -0.05) is 32.6 Å². The van der Waals surface area contributed by atoms with Crippen molar-refractivity contribution in [2.24, 2.45) is 5.92 Å². The number of benzene rings is 1. The fourth-order valence-electron chi connectivity index (χ4n) is 3.53. The summed E-state index contributed by atoms with van der Waals surface area (Å²) >= 11 is 0. The SMILES string of the molecule is CCCC#Cc1ccc2c(c1)O[C@@H](CN(C)C(=O)NCCC)[C@@H](C)CN([C@H](C)CO)S2(=O)=O. The average molecular weight is 480 g/mol. The zero-order valence-corrected chi connectivity index (χ0v) is 21.1. The van der Waals surface area contributed by atoms with Gasteiger partial charge in [-0.05, 0) is 38.0 Å². The highest BCUT2D eigenvalue weighted by Crippen LogP contribution is 2.34. The van der Waals surface area contributed by atoms with Gasteiger partial charge >= 0.3 is 6.03 Å². The van der Waals surface area contributed by atoms with Crippen molar-refractivity contribution >= 4 is 16.1 Å². The number of aliphatic hydroxyl groups is 1. The standard InChI is InChI=1S/C24H37N3O5S/c1-6-8-9-10-20-11-12-23-21(14-20)32-22(16-26(5)24(29)25-13-7-2)18(3)15-27(19(4)17-28)33(23,30)31/h11-12,14,18-19,22,28H,6-8,13,15-17H2,1-5H3,(H,25,29)/t18-,19+,22-/m0/s1. The lowest BCUT2D eigenvalue weighted by Gasteiger charge is -2.37. The van der Waals surface area contributed by atoms with Crippen molar-refractivity contribution in [1.29, 1.82) is 0 Å². The second-order valence-corrected chi connectivity index (χ2v) is 10.4. The molecule has 0 bridgehead atoms. The molecule has 0 aromatic heterocycles. The van der Waals surface area contributed by atoms with Crippen molar-refractivity contribution in [3.63, 3.8) is 0 Å². The van der Waals surface area contributed by atoms with E-state index in [4.69, 9.17) is 4.74 Å². The van der Waals surface area contributed by atoms with E-state index in [1.165, 1.54) is 10.4 Å². The van der Waals surface area contributed by atoms with Gasteiger partial charge in [0, 0.05) is 44.1 Å². The lowest BCUT2D eigenvalue weighted by Crippen LogP contribution is -2.51. The van der Waals surface area contributed by atoms with E-state index >= 15 is 0 Å². The van der Waals surface area contributed by atoms with Crippen LogP contribution in [0.2, 0.25) is 0 Å². The molecule has 9 heteroatoms. The summed E-state index contributed by atoms with van der Waals surface area (Å²) in [6.45, 7) is 8.32. The molecule has 0 spiro atoms. The number of hydrogen-bond acceptors (Lipinski definition) is 5. The van der Waals surface area contributed by atoms with Crippen LogP contribution in [0.5, 0.6) is 5.75 Å². The number of likely N-dealkylation sites (N-methyl/N-ethyl adjacent to an activating group) is 1. The van der Waals surface area contributed by atoms with E-state index in [1.54, 1.807) is 31.0 Å². The molecule has 1 heterocycles. The number of fused-ring (bicyclic) bond motifs is 1. The molecule has 33 heavy (non-hydrogen) atoms. The van der Waals surface area contributed by atoms with Gasteiger partial charge in [0.2, 0.25) is 10.0 Å². The zero-order valence-electron chi connectivity index (χ0n) is 20.3. The number of aliphatic hydroxyl groups excluding tert-OH is 1. The highest BCUT2D eigenvalue weighted by Gasteiger charge is 2.38. The molecule has 1 aliphatic rings. The Labute approximate surface area is 198 Å². The van der Waals surface area contributed by atoms with Gasteiger partial charge in [-0.15, -0.1) is 0 Å². The lowest BCUT2D eigenvalue weighted by atomic mass is 10.0. The van der Waals surface area contributed by atoms with Crippen molar-refractivity contribution in [3.05, 3.63) is 23.8 Å². The van der Waals surface area contributed by atoms with Crippen molar-refractivity contribution < 1.29 is 23.1 Å². The summed E-state index contributed by atoms with van der Waals surface area (Å²) in [6.07, 6.45) is 2.05. The van der Waals surface area contributed by atoms with Gasteiger partial charge in [-0.3, -0.25) is 0 Å². The Bertz CT molecular complexity index is 970. The number of carbonyl (C=O) groups excluding carboxylic acids is 1. The normalized spacial score (nSPS) is 20.8. The molecule has 0 aliphatic carbocycles. The van der Waals surface area contributed by atoms with Gasteiger partial charge in [0.1, 0.15) is 16.7 Å². The summed E-state index contributed by atoms with van der Waals surface area (Å²) in [7, 11) is -2.21. The molecule has 0 radical (unpaired) electrons. The van der Waals surface area contributed by atoms with Crippen LogP contribution in [-0.2, 0) is 10.0 Å². The second-order valence-electron chi connectivity index (χ2n) is 8.57. The van der Waals surface area contributed by atoms with Crippen LogP contribution in [0, 0.1) is 17.8 Å². The molecule has 2 rings (SSSR count). The minimum absolute atomic E-state index is 0.0406. The maximum absolute atomic E-state index is 13.5. The third-order valence-corrected chi connectivity index (χ3v) is 7.62. The van der Waals surface area contributed by atoms with Gasteiger partial charge in [0.25, 0.3) is 0 Å². The first kappa shape index (κ1) is 27.0. The second kappa shape index (κ2) is 12.3. The number of nitrogens with zero attached hydrogens (tertiary/aromatic N) is 2. The number of urea groups is 1. The first-order valence-corrected chi connectivity index (χ1v) is 13.0. The minimum Gasteiger partial charge on any atom is -0.487 e. The number of sulfonamides is 1. The van der Waals surface area contributed by atoms with Crippen LogP contribution in [0.25, 0.3) is 0 Å². The summed E-state index contributed by atoms with van der Waals surface area (Å²) in [5.41, 5.74) is 0.667. The van der Waals surface area contributed by atoms with E-state index in [9.17, 15) is 18.3 Å². The molecule has 1 aliphatic heterocycles. The minimum atomic E-state index is -3.90. The summed E-state index contributed by atoms with van der Waals surface area (Å²) < 4.78 is 34.5. The van der Waals surface area contributed by atoms with Gasteiger partial charge < -0.3 is 20.1 Å². The Balaban J connectivity index is 2.48. The average Bonchev–Trinajstić information content (AvgIpc) is 2.79. The van der Waals surface area contributed by atoms with E-state index in [2.05, 4.69) is 17.2 Å². The molecule has 2 N–H and O–H groups in total. The van der Waals surface area contributed by atoms with E-state index in [0.717, 1.165) is 19.3 Å². The fourth-order valence-corrected chi connectivity index (χ4v) is 5.36. The number of carbonyl (C=O) groups is 1. The van der Waals surface area contributed by atoms with E-state index in [1.807, 2.05) is 20.8 Å². The van der Waals surface area contributed by atoms with Crippen LogP contribution in [0.4, 0.5) is 4.79 Å². The Kier molecular flexibility index (Phi) is 10.0. The predicted octanol–water partition coefficient (Wildman–Crippen LogP) is 2.66. The van der Waals surface area contributed by atoms with Crippen molar-refractivity contribution in [3.8, 4) is 17.6 Å². The monoisotopic (exact) mass is 479 g/mol. The fraction of sp³-hybridized carbons (Fsp3) is 0.625. The molecule has 0 unspecified atom stereocenters. The highest BCUT2D eigenvalue weighted by atomic mass is 32.2. The van der Waals surface area contributed by atoms with Crippen LogP contribution < -0.4 is 10.1 Å². The third-order valence-electron chi connectivity index (χ3n) is 5.60. The van der Waals surface area contributed by atoms with Gasteiger partial charge in [0.05, 0.1) is 13.2 Å². The molecular weight excluding hydrogens is 442 g/mol. The molecule has 8 nitrogen and oxygen atoms in total. The van der Waals surface area contributed by atoms with Crippen molar-refractivity contribution in [2.75, 3.05) is 33.3 Å². The molecule has 1 aromatic rings. The largest absolute Gasteiger partial charge is 0.487 e. The van der Waals surface area contributed by atoms with Crippen LogP contribution in [-0.4, -0.2) is 74.2 Å². The molecule has 184 valence electrons. The molecule has 3 atom stereocenters. The molecule has 1 aromatic carbocycles. The van der Waals surface area contributed by atoms with Crippen LogP contribution in [0.3, 0.4) is 0 Å². The molecule has 0 saturated heterocycles. The number of amides is 2. The zero-order chi connectivity index (χ0) is 24.6. The van der Waals surface area contributed by atoms with Gasteiger partial charge in [0.15, 0.2) is 0 Å². The number of unbranched alkanes of at least 4 members (excludes halogenated alkanes) is 1. The first-order valence-electron chi connectivity index (χ1n) is 11.6. The van der Waals surface area contributed by atoms with Crippen LogP contribution in [0.15, 0.2) is 23.1 Å². The maximum Gasteiger partial charge on any atom is 0.317 e. The summed E-state index contributed by atoms with van der Waals surface area (Å²) in [6, 6.07) is 4.04. The van der Waals surface area contributed by atoms with Gasteiger partial charge in [-0.25, -0.2) is 13.2 Å². The van der Waals surface area contributed by atoms with E-state index < -0.39 is 22.2 Å². The Morgan fingerprint density at radius 3 is 2.73 bits per heavy atom. The molecule has 0 saturated carbocycles. The topological polar surface area (TPSA) is 99.2 Å². The number of nitrogens with one attached hydrogen (secondary N) is 1.